The summed E-state index contributed by atoms with van der Waals surface area (Å²) in [6, 6.07) is 6.89. The van der Waals surface area contributed by atoms with Gasteiger partial charge in [-0.2, -0.15) is 12.6 Å². The van der Waals surface area contributed by atoms with E-state index in [2.05, 4.69) is 48.3 Å². The van der Waals surface area contributed by atoms with Gasteiger partial charge in [0.05, 0.1) is 24.0 Å². The van der Waals surface area contributed by atoms with E-state index in [1.54, 1.807) is 12.1 Å². The quantitative estimate of drug-likeness (QED) is 0.440. The first-order valence-electron chi connectivity index (χ1n) is 10.6. The summed E-state index contributed by atoms with van der Waals surface area (Å²) < 4.78 is 2.13. The van der Waals surface area contributed by atoms with Crippen LogP contribution in [0.1, 0.15) is 67.5 Å². The van der Waals surface area contributed by atoms with E-state index in [1.807, 2.05) is 18.3 Å². The zero-order valence-corrected chi connectivity index (χ0v) is 19.0. The molecule has 0 aliphatic carbocycles. The van der Waals surface area contributed by atoms with Gasteiger partial charge in [0.25, 0.3) is 0 Å². The highest BCUT2D eigenvalue weighted by Crippen LogP contribution is 2.16. The van der Waals surface area contributed by atoms with Crippen LogP contribution in [0.2, 0.25) is 0 Å². The number of carboxylic acid groups (broad SMARTS) is 1. The molecule has 6 nitrogen and oxygen atoms in total. The van der Waals surface area contributed by atoms with E-state index in [9.17, 15) is 9.59 Å². The number of nitrogens with zero attached hydrogens (tertiary/aromatic N) is 2. The molecule has 1 heterocycles. The van der Waals surface area contributed by atoms with Gasteiger partial charge in [0.2, 0.25) is 5.91 Å². The van der Waals surface area contributed by atoms with Gasteiger partial charge in [0.15, 0.2) is 0 Å². The van der Waals surface area contributed by atoms with Gasteiger partial charge in [-0.1, -0.05) is 39.3 Å². The average Bonchev–Trinajstić information content (AvgIpc) is 3.10. The minimum atomic E-state index is -0.934. The normalized spacial score (nSPS) is 12.2. The van der Waals surface area contributed by atoms with E-state index in [-0.39, 0.29) is 17.4 Å². The number of imidazole rings is 1. The fourth-order valence-electron chi connectivity index (χ4n) is 3.41. The highest BCUT2D eigenvalue weighted by molar-refractivity contribution is 7.80. The number of carbonyl (C=O) groups excluding carboxylic acids is 1. The van der Waals surface area contributed by atoms with Crippen LogP contribution >= 0.6 is 12.6 Å². The Morgan fingerprint density at radius 2 is 1.93 bits per heavy atom. The van der Waals surface area contributed by atoms with Crippen molar-refractivity contribution < 1.29 is 14.7 Å². The molecule has 2 aromatic rings. The average molecular weight is 432 g/mol. The van der Waals surface area contributed by atoms with Crippen LogP contribution in [-0.2, 0) is 24.3 Å². The number of aromatic carboxylic acids is 1. The second-order valence-corrected chi connectivity index (χ2v) is 8.45. The molecule has 2 rings (SSSR count). The van der Waals surface area contributed by atoms with Crippen molar-refractivity contribution in [2.24, 2.45) is 11.8 Å². The van der Waals surface area contributed by atoms with E-state index in [1.165, 1.54) is 0 Å². The number of amides is 1. The second kappa shape index (κ2) is 11.8. The first kappa shape index (κ1) is 24.0. The lowest BCUT2D eigenvalue weighted by molar-refractivity contribution is -0.124. The molecule has 0 aliphatic heterocycles. The van der Waals surface area contributed by atoms with Crippen molar-refractivity contribution in [1.82, 2.24) is 14.9 Å². The molecule has 0 spiro atoms. The fourth-order valence-corrected chi connectivity index (χ4v) is 3.73. The molecule has 0 saturated heterocycles. The number of hydrogen-bond donors (Lipinski definition) is 3. The summed E-state index contributed by atoms with van der Waals surface area (Å²) in [5.74, 6) is 0.932. The second-order valence-electron chi connectivity index (χ2n) is 8.08. The third-order valence-corrected chi connectivity index (χ3v) is 5.55. The molecule has 0 aliphatic rings. The summed E-state index contributed by atoms with van der Waals surface area (Å²) in [5.41, 5.74) is 2.21. The largest absolute Gasteiger partial charge is 0.478 e. The van der Waals surface area contributed by atoms with Crippen LogP contribution in [0.5, 0.6) is 0 Å². The van der Waals surface area contributed by atoms with Gasteiger partial charge in [-0.3, -0.25) is 4.79 Å². The summed E-state index contributed by atoms with van der Waals surface area (Å²) in [6.45, 7) is 7.36. The standard InChI is InChI=1S/C23H33N3O3S/c1-4-5-6-21-24-12-20(13-25-22(27)19(15-30)11-16(2)3)26(21)14-17-7-9-18(10-8-17)23(28)29/h7-10,12,16,19,30H,4-6,11,13-15H2,1-3H3,(H,25,27)(H,28,29)/t19-/m1/s1. The lowest BCUT2D eigenvalue weighted by atomic mass is 9.98. The molecule has 0 radical (unpaired) electrons. The van der Waals surface area contributed by atoms with E-state index in [4.69, 9.17) is 5.11 Å². The molecule has 0 fully saturated rings. The van der Waals surface area contributed by atoms with E-state index in [0.29, 0.717) is 24.8 Å². The summed E-state index contributed by atoms with van der Waals surface area (Å²) in [6.07, 6.45) is 5.62. The Morgan fingerprint density at radius 1 is 1.23 bits per heavy atom. The van der Waals surface area contributed by atoms with Crippen LogP contribution in [0.15, 0.2) is 30.5 Å². The van der Waals surface area contributed by atoms with Crippen molar-refractivity contribution in [3.05, 3.63) is 53.1 Å². The zero-order chi connectivity index (χ0) is 22.1. The monoisotopic (exact) mass is 431 g/mol. The van der Waals surface area contributed by atoms with E-state index >= 15 is 0 Å². The summed E-state index contributed by atoms with van der Waals surface area (Å²) in [4.78, 5) is 28.3. The summed E-state index contributed by atoms with van der Waals surface area (Å²) in [5, 5.41) is 12.1. The summed E-state index contributed by atoms with van der Waals surface area (Å²) in [7, 11) is 0. The predicted molar refractivity (Wildman–Crippen MR) is 122 cm³/mol. The number of nitrogens with one attached hydrogen (secondary N) is 1. The number of aryl methyl sites for hydroxylation is 1. The Morgan fingerprint density at radius 3 is 2.50 bits per heavy atom. The molecule has 1 atom stereocenters. The molecule has 1 aromatic heterocycles. The van der Waals surface area contributed by atoms with Gasteiger partial charge in [-0.25, -0.2) is 9.78 Å². The number of benzene rings is 1. The Kier molecular flexibility index (Phi) is 9.43. The van der Waals surface area contributed by atoms with Crippen molar-refractivity contribution in [3.8, 4) is 0 Å². The Bertz CT molecular complexity index is 831. The number of hydrogen-bond acceptors (Lipinski definition) is 4. The van der Waals surface area contributed by atoms with Crippen LogP contribution in [0.4, 0.5) is 0 Å². The van der Waals surface area contributed by atoms with Gasteiger partial charge in [0.1, 0.15) is 5.82 Å². The smallest absolute Gasteiger partial charge is 0.335 e. The van der Waals surface area contributed by atoms with Crippen molar-refractivity contribution in [2.75, 3.05) is 5.75 Å². The van der Waals surface area contributed by atoms with Gasteiger partial charge in [0, 0.05) is 24.6 Å². The minimum Gasteiger partial charge on any atom is -0.478 e. The molecule has 0 unspecified atom stereocenters. The molecule has 164 valence electrons. The van der Waals surface area contributed by atoms with E-state index in [0.717, 1.165) is 42.8 Å². The Labute approximate surface area is 184 Å². The maximum Gasteiger partial charge on any atom is 0.335 e. The molecule has 1 amide bonds. The minimum absolute atomic E-state index is 0.0207. The molecule has 0 bridgehead atoms. The van der Waals surface area contributed by atoms with Gasteiger partial charge >= 0.3 is 5.97 Å². The van der Waals surface area contributed by atoms with Crippen LogP contribution in [0, 0.1) is 11.8 Å². The summed E-state index contributed by atoms with van der Waals surface area (Å²) >= 11 is 4.34. The van der Waals surface area contributed by atoms with Gasteiger partial charge in [-0.05, 0) is 36.5 Å². The molecular formula is C23H33N3O3S. The first-order valence-corrected chi connectivity index (χ1v) is 11.2. The highest BCUT2D eigenvalue weighted by atomic mass is 32.1. The number of carbonyl (C=O) groups is 2. The van der Waals surface area contributed by atoms with Gasteiger partial charge in [-0.15, -0.1) is 0 Å². The predicted octanol–water partition coefficient (Wildman–Crippen LogP) is 4.18. The number of thiol groups is 1. The Balaban J connectivity index is 2.16. The maximum absolute atomic E-state index is 12.6. The molecular weight excluding hydrogens is 398 g/mol. The molecule has 2 N–H and O–H groups in total. The topological polar surface area (TPSA) is 84.2 Å². The van der Waals surface area contributed by atoms with Crippen LogP contribution in [0.25, 0.3) is 0 Å². The number of unbranched alkanes of at least 4 members (excludes halogenated alkanes) is 1. The zero-order valence-electron chi connectivity index (χ0n) is 18.1. The number of rotatable bonds is 12. The van der Waals surface area contributed by atoms with Crippen LogP contribution < -0.4 is 5.32 Å². The maximum atomic E-state index is 12.6. The lowest BCUT2D eigenvalue weighted by Gasteiger charge is -2.17. The van der Waals surface area contributed by atoms with Crippen molar-refractivity contribution in [3.63, 3.8) is 0 Å². The Hall–Kier alpha value is -2.28. The lowest BCUT2D eigenvalue weighted by Crippen LogP contribution is -2.32. The van der Waals surface area contributed by atoms with Crippen molar-refractivity contribution in [1.29, 1.82) is 0 Å². The molecule has 0 saturated carbocycles. The third kappa shape index (κ3) is 6.90. The highest BCUT2D eigenvalue weighted by Gasteiger charge is 2.19. The van der Waals surface area contributed by atoms with E-state index < -0.39 is 5.97 Å². The molecule has 1 aromatic carbocycles. The van der Waals surface area contributed by atoms with Crippen molar-refractivity contribution in [2.45, 2.75) is 59.5 Å². The molecule has 30 heavy (non-hydrogen) atoms. The number of aromatic nitrogens is 2. The van der Waals surface area contributed by atoms with Crippen molar-refractivity contribution >= 4 is 24.5 Å². The first-order chi connectivity index (χ1) is 14.3. The fraction of sp³-hybridized carbons (Fsp3) is 0.522. The third-order valence-electron chi connectivity index (χ3n) is 5.11. The SMILES string of the molecule is CCCCc1ncc(CNC(=O)[C@@H](CS)CC(C)C)n1Cc1ccc(C(=O)O)cc1. The molecule has 7 heteroatoms. The van der Waals surface area contributed by atoms with Crippen LogP contribution in [0.3, 0.4) is 0 Å². The van der Waals surface area contributed by atoms with Crippen LogP contribution in [-0.4, -0.2) is 32.3 Å². The number of carboxylic acids is 1. The van der Waals surface area contributed by atoms with Gasteiger partial charge < -0.3 is 15.0 Å².